The summed E-state index contributed by atoms with van der Waals surface area (Å²) >= 11 is 9.37. The van der Waals surface area contributed by atoms with Crippen LogP contribution in [0.3, 0.4) is 0 Å². The fraction of sp³-hybridized carbons (Fsp3) is 0.0769. The minimum absolute atomic E-state index is 0.127. The maximum Gasteiger partial charge on any atom is 0.414 e. The number of para-hydroxylation sites is 1. The van der Waals surface area contributed by atoms with E-state index in [0.717, 1.165) is 16.8 Å². The SMILES string of the molecule is CN1C(=O)C(NC(=O)Oc2n[nH]c(NC(=O)c3ccccc3Cl)c2Br)c2ccccc2-c2ccccc21. The van der Waals surface area contributed by atoms with Crippen LogP contribution in [0.5, 0.6) is 5.88 Å². The second-order valence-electron chi connectivity index (χ2n) is 8.12. The third-order valence-corrected chi connectivity index (χ3v) is 6.96. The maximum atomic E-state index is 13.4. The molecule has 0 radical (unpaired) electrons. The highest BCUT2D eigenvalue weighted by Gasteiger charge is 2.34. The maximum absolute atomic E-state index is 13.4. The first kappa shape index (κ1) is 24.5. The number of ether oxygens (including phenoxy) is 1. The quantitative estimate of drug-likeness (QED) is 0.293. The Labute approximate surface area is 224 Å². The number of hydrogen-bond acceptors (Lipinski definition) is 5. The van der Waals surface area contributed by atoms with E-state index in [1.54, 1.807) is 43.4 Å². The molecule has 3 amide bonds. The van der Waals surface area contributed by atoms with Crippen molar-refractivity contribution in [2.75, 3.05) is 17.3 Å². The minimum Gasteiger partial charge on any atom is -0.388 e. The number of H-pyrrole nitrogens is 1. The van der Waals surface area contributed by atoms with Gasteiger partial charge >= 0.3 is 6.09 Å². The molecule has 1 aliphatic rings. The molecule has 5 rings (SSSR count). The molecule has 0 saturated carbocycles. The first-order valence-corrected chi connectivity index (χ1v) is 12.3. The summed E-state index contributed by atoms with van der Waals surface area (Å²) in [6, 6.07) is 20.5. The Morgan fingerprint density at radius 3 is 2.49 bits per heavy atom. The number of halogens is 2. The van der Waals surface area contributed by atoms with Gasteiger partial charge in [0.15, 0.2) is 0 Å². The number of anilines is 2. The number of fused-ring (bicyclic) bond motifs is 3. The summed E-state index contributed by atoms with van der Waals surface area (Å²) in [5, 5.41) is 12.1. The van der Waals surface area contributed by atoms with Gasteiger partial charge in [0, 0.05) is 12.6 Å². The highest BCUT2D eigenvalue weighted by atomic mass is 79.9. The van der Waals surface area contributed by atoms with Gasteiger partial charge in [-0.25, -0.2) is 4.79 Å². The zero-order valence-electron chi connectivity index (χ0n) is 19.3. The van der Waals surface area contributed by atoms with E-state index in [1.165, 1.54) is 4.90 Å². The van der Waals surface area contributed by atoms with E-state index in [9.17, 15) is 14.4 Å². The molecule has 1 aliphatic heterocycles. The van der Waals surface area contributed by atoms with Crippen LogP contribution in [0.2, 0.25) is 5.02 Å². The molecule has 1 atom stereocenters. The van der Waals surface area contributed by atoms with Crippen LogP contribution in [0.15, 0.2) is 77.3 Å². The monoisotopic (exact) mass is 579 g/mol. The van der Waals surface area contributed by atoms with Crippen LogP contribution in [0.25, 0.3) is 11.1 Å². The Morgan fingerprint density at radius 1 is 1.03 bits per heavy atom. The Morgan fingerprint density at radius 2 is 1.70 bits per heavy atom. The fourth-order valence-corrected chi connectivity index (χ4v) is 4.68. The molecule has 37 heavy (non-hydrogen) atoms. The van der Waals surface area contributed by atoms with Gasteiger partial charge in [0.2, 0.25) is 0 Å². The van der Waals surface area contributed by atoms with Crippen molar-refractivity contribution in [2.45, 2.75) is 6.04 Å². The number of carbonyl (C=O) groups is 3. The zero-order valence-corrected chi connectivity index (χ0v) is 21.6. The van der Waals surface area contributed by atoms with Gasteiger partial charge in [-0.3, -0.25) is 14.7 Å². The van der Waals surface area contributed by atoms with Crippen LogP contribution in [-0.2, 0) is 4.79 Å². The number of benzene rings is 3. The first-order chi connectivity index (χ1) is 17.8. The average molecular weight is 581 g/mol. The van der Waals surface area contributed by atoms with Crippen molar-refractivity contribution in [1.29, 1.82) is 0 Å². The van der Waals surface area contributed by atoms with Crippen LogP contribution in [0.4, 0.5) is 16.3 Å². The van der Waals surface area contributed by atoms with Gasteiger partial charge in [0.25, 0.3) is 17.7 Å². The molecule has 3 N–H and O–H groups in total. The largest absolute Gasteiger partial charge is 0.414 e. The highest BCUT2D eigenvalue weighted by Crippen LogP contribution is 2.39. The van der Waals surface area contributed by atoms with Crippen LogP contribution in [0.1, 0.15) is 22.0 Å². The third kappa shape index (κ3) is 4.68. The molecular formula is C26H19BrClN5O4. The summed E-state index contributed by atoms with van der Waals surface area (Å²) < 4.78 is 5.58. The normalized spacial score (nSPS) is 14.3. The lowest BCUT2D eigenvalue weighted by molar-refractivity contribution is -0.120. The molecular weight excluding hydrogens is 562 g/mol. The predicted molar refractivity (Wildman–Crippen MR) is 143 cm³/mol. The number of rotatable bonds is 4. The van der Waals surface area contributed by atoms with Crippen molar-refractivity contribution in [3.63, 3.8) is 0 Å². The third-order valence-electron chi connectivity index (χ3n) is 5.89. The van der Waals surface area contributed by atoms with Crippen molar-refractivity contribution in [3.05, 3.63) is 93.4 Å². The Balaban J connectivity index is 1.35. The summed E-state index contributed by atoms with van der Waals surface area (Å²) in [6.07, 6.45) is -0.899. The molecule has 0 fully saturated rings. The molecule has 11 heteroatoms. The van der Waals surface area contributed by atoms with Crippen molar-refractivity contribution in [2.24, 2.45) is 0 Å². The molecule has 0 bridgehead atoms. The number of hydrogen-bond donors (Lipinski definition) is 3. The lowest BCUT2D eigenvalue weighted by atomic mass is 9.95. The van der Waals surface area contributed by atoms with Crippen molar-refractivity contribution >= 4 is 56.9 Å². The summed E-state index contributed by atoms with van der Waals surface area (Å²) in [6.45, 7) is 0. The van der Waals surface area contributed by atoms with Crippen LogP contribution in [0, 0.1) is 0 Å². The van der Waals surface area contributed by atoms with E-state index in [1.807, 2.05) is 36.4 Å². The van der Waals surface area contributed by atoms with E-state index in [0.29, 0.717) is 5.56 Å². The number of amides is 3. The van der Waals surface area contributed by atoms with Gasteiger partial charge in [0.05, 0.1) is 16.3 Å². The number of aromatic nitrogens is 2. The minimum atomic E-state index is -1.00. The van der Waals surface area contributed by atoms with E-state index < -0.39 is 18.0 Å². The fourth-order valence-electron chi connectivity index (χ4n) is 4.10. The molecule has 4 aromatic rings. The first-order valence-electron chi connectivity index (χ1n) is 11.1. The lowest BCUT2D eigenvalue weighted by Gasteiger charge is -2.22. The van der Waals surface area contributed by atoms with Gasteiger partial charge in [-0.05, 0) is 45.3 Å². The smallest absolute Gasteiger partial charge is 0.388 e. The molecule has 0 saturated heterocycles. The van der Waals surface area contributed by atoms with Crippen LogP contribution < -0.4 is 20.3 Å². The average Bonchev–Trinajstić information content (AvgIpc) is 3.21. The standard InChI is InChI=1S/C26H19BrClN5O4/c1-33-19-13-7-5-9-15(19)14-8-2-3-10-16(14)21(25(33)35)29-26(36)37-24-20(27)22(31-32-24)30-23(34)17-11-4-6-12-18(17)28/h2-13,21H,1H3,(H,29,36)(H2,30,31,32,34). The van der Waals surface area contributed by atoms with Crippen LogP contribution >= 0.6 is 27.5 Å². The van der Waals surface area contributed by atoms with Gasteiger partial charge in [-0.15, -0.1) is 5.10 Å². The molecule has 3 aromatic carbocycles. The van der Waals surface area contributed by atoms with Gasteiger partial charge in [0.1, 0.15) is 16.3 Å². The molecule has 186 valence electrons. The number of nitrogens with one attached hydrogen (secondary N) is 3. The highest BCUT2D eigenvalue weighted by molar-refractivity contribution is 9.10. The van der Waals surface area contributed by atoms with E-state index >= 15 is 0 Å². The summed E-state index contributed by atoms with van der Waals surface area (Å²) in [7, 11) is 1.66. The number of nitrogens with zero attached hydrogens (tertiary/aromatic N) is 2. The topological polar surface area (TPSA) is 116 Å². The number of likely N-dealkylation sites (N-methyl/N-ethyl adjacent to an activating group) is 1. The Kier molecular flexibility index (Phi) is 6.68. The van der Waals surface area contributed by atoms with Crippen molar-refractivity contribution < 1.29 is 19.1 Å². The summed E-state index contributed by atoms with van der Waals surface area (Å²) in [4.78, 5) is 40.3. The summed E-state index contributed by atoms with van der Waals surface area (Å²) in [5.41, 5.74) is 3.33. The lowest BCUT2D eigenvalue weighted by Crippen LogP contribution is -2.41. The molecule has 0 spiro atoms. The summed E-state index contributed by atoms with van der Waals surface area (Å²) in [5.74, 6) is -0.769. The molecule has 2 heterocycles. The molecule has 9 nitrogen and oxygen atoms in total. The number of aromatic amines is 1. The molecule has 1 aromatic heterocycles. The van der Waals surface area contributed by atoms with Crippen molar-refractivity contribution in [1.82, 2.24) is 15.5 Å². The van der Waals surface area contributed by atoms with Gasteiger partial charge in [-0.2, -0.15) is 0 Å². The van der Waals surface area contributed by atoms with Gasteiger partial charge < -0.3 is 20.3 Å². The van der Waals surface area contributed by atoms with Crippen LogP contribution in [-0.4, -0.2) is 35.2 Å². The van der Waals surface area contributed by atoms with Crippen molar-refractivity contribution in [3.8, 4) is 17.0 Å². The molecule has 0 aliphatic carbocycles. The number of carbonyl (C=O) groups excluding carboxylic acids is 3. The second-order valence-corrected chi connectivity index (χ2v) is 9.32. The van der Waals surface area contributed by atoms with E-state index in [2.05, 4.69) is 36.8 Å². The Hall–Kier alpha value is -4.15. The Bertz CT molecular complexity index is 1540. The van der Waals surface area contributed by atoms with Gasteiger partial charge in [-0.1, -0.05) is 66.2 Å². The molecule has 1 unspecified atom stereocenters. The second kappa shape index (κ2) is 10.1. The zero-order chi connectivity index (χ0) is 26.1. The van der Waals surface area contributed by atoms with E-state index in [-0.39, 0.29) is 32.7 Å². The van der Waals surface area contributed by atoms with E-state index in [4.69, 9.17) is 16.3 Å². The predicted octanol–water partition coefficient (Wildman–Crippen LogP) is 5.55.